The van der Waals surface area contributed by atoms with Gasteiger partial charge in [0.2, 0.25) is 11.8 Å². The Morgan fingerprint density at radius 2 is 1.50 bits per heavy atom. The van der Waals surface area contributed by atoms with Crippen LogP contribution in [0, 0.1) is 18.7 Å². The van der Waals surface area contributed by atoms with Crippen molar-refractivity contribution in [3.8, 4) is 0 Å². The molecule has 0 fully saturated rings. The number of benzene rings is 3. The topological polar surface area (TPSA) is 86.8 Å². The molecular formula is C29H34FN3O4S. The zero-order chi connectivity index (χ0) is 27.9. The van der Waals surface area contributed by atoms with Crippen molar-refractivity contribution in [3.63, 3.8) is 0 Å². The zero-order valence-corrected chi connectivity index (χ0v) is 22.9. The summed E-state index contributed by atoms with van der Waals surface area (Å²) in [5.41, 5.74) is 1.83. The van der Waals surface area contributed by atoms with Gasteiger partial charge < -0.3 is 10.2 Å². The van der Waals surface area contributed by atoms with Gasteiger partial charge in [0.05, 0.1) is 10.6 Å². The van der Waals surface area contributed by atoms with E-state index in [1.807, 2.05) is 20.8 Å². The number of rotatable bonds is 11. The number of hydrogen-bond acceptors (Lipinski definition) is 4. The van der Waals surface area contributed by atoms with Crippen LogP contribution in [-0.2, 0) is 26.2 Å². The Morgan fingerprint density at radius 3 is 2.08 bits per heavy atom. The van der Waals surface area contributed by atoms with E-state index in [2.05, 4.69) is 5.32 Å². The molecule has 1 atom stereocenters. The molecule has 0 heterocycles. The molecule has 0 aromatic heterocycles. The molecule has 0 aliphatic heterocycles. The largest absolute Gasteiger partial charge is 0.354 e. The standard InChI is InChI=1S/C29H34FN3O4S/c1-21(2)18-31-29(35)23(4)32(19-24-12-14-25(30)15-13-24)28(34)20-33(26-8-6-5-7-9-26)38(36,37)27-16-10-22(3)11-17-27/h5-17,21,23H,18-20H2,1-4H3,(H,31,35)/t23-/m0/s1. The zero-order valence-electron chi connectivity index (χ0n) is 22.1. The van der Waals surface area contributed by atoms with Gasteiger partial charge in [-0.05, 0) is 61.7 Å². The van der Waals surface area contributed by atoms with Crippen LogP contribution in [0.3, 0.4) is 0 Å². The number of nitrogens with one attached hydrogen (secondary N) is 1. The molecular weight excluding hydrogens is 505 g/mol. The molecule has 38 heavy (non-hydrogen) atoms. The van der Waals surface area contributed by atoms with Gasteiger partial charge in [0, 0.05) is 13.1 Å². The summed E-state index contributed by atoms with van der Waals surface area (Å²) in [7, 11) is -4.11. The van der Waals surface area contributed by atoms with Crippen LogP contribution in [0.25, 0.3) is 0 Å². The van der Waals surface area contributed by atoms with Gasteiger partial charge in [-0.15, -0.1) is 0 Å². The minimum Gasteiger partial charge on any atom is -0.354 e. The quantitative estimate of drug-likeness (QED) is 0.388. The van der Waals surface area contributed by atoms with E-state index in [0.29, 0.717) is 17.8 Å². The third-order valence-corrected chi connectivity index (χ3v) is 7.84. The first-order chi connectivity index (χ1) is 18.0. The minimum atomic E-state index is -4.11. The van der Waals surface area contributed by atoms with Gasteiger partial charge in [0.25, 0.3) is 10.0 Å². The molecule has 3 rings (SSSR count). The molecule has 0 saturated heterocycles. The maximum Gasteiger partial charge on any atom is 0.264 e. The Kier molecular flexibility index (Phi) is 9.63. The predicted molar refractivity (Wildman–Crippen MR) is 146 cm³/mol. The number of carbonyl (C=O) groups is 2. The number of carbonyl (C=O) groups excluding carboxylic acids is 2. The maximum atomic E-state index is 13.8. The van der Waals surface area contributed by atoms with E-state index in [1.54, 1.807) is 49.4 Å². The molecule has 0 spiro atoms. The van der Waals surface area contributed by atoms with Crippen LogP contribution in [0.15, 0.2) is 83.8 Å². The molecule has 1 N–H and O–H groups in total. The predicted octanol–water partition coefficient (Wildman–Crippen LogP) is 4.52. The molecule has 0 aliphatic carbocycles. The molecule has 3 aromatic rings. The molecule has 9 heteroatoms. The molecule has 0 unspecified atom stereocenters. The van der Waals surface area contributed by atoms with Crippen LogP contribution >= 0.6 is 0 Å². The second-order valence-electron chi connectivity index (χ2n) is 9.62. The molecule has 202 valence electrons. The monoisotopic (exact) mass is 539 g/mol. The van der Waals surface area contributed by atoms with E-state index >= 15 is 0 Å². The molecule has 2 amide bonds. The molecule has 0 bridgehead atoms. The fourth-order valence-corrected chi connectivity index (χ4v) is 5.20. The summed E-state index contributed by atoms with van der Waals surface area (Å²) in [5, 5.41) is 2.83. The second kappa shape index (κ2) is 12.7. The number of para-hydroxylation sites is 1. The average Bonchev–Trinajstić information content (AvgIpc) is 2.90. The fraction of sp³-hybridized carbons (Fsp3) is 0.310. The van der Waals surface area contributed by atoms with Crippen molar-refractivity contribution in [2.75, 3.05) is 17.4 Å². The Morgan fingerprint density at radius 1 is 0.895 bits per heavy atom. The van der Waals surface area contributed by atoms with E-state index in [0.717, 1.165) is 9.87 Å². The van der Waals surface area contributed by atoms with Gasteiger partial charge in [-0.3, -0.25) is 13.9 Å². The summed E-state index contributed by atoms with van der Waals surface area (Å²) in [6, 6.07) is 19.5. The van der Waals surface area contributed by atoms with Crippen LogP contribution in [0.2, 0.25) is 0 Å². The van der Waals surface area contributed by atoms with Gasteiger partial charge in [-0.1, -0.05) is 61.9 Å². The van der Waals surface area contributed by atoms with Gasteiger partial charge in [0.15, 0.2) is 0 Å². The minimum absolute atomic E-state index is 0.00257. The van der Waals surface area contributed by atoms with E-state index < -0.39 is 34.3 Å². The number of amides is 2. The molecule has 0 radical (unpaired) electrons. The highest BCUT2D eigenvalue weighted by molar-refractivity contribution is 7.92. The van der Waals surface area contributed by atoms with Gasteiger partial charge in [-0.25, -0.2) is 12.8 Å². The first-order valence-corrected chi connectivity index (χ1v) is 13.9. The summed E-state index contributed by atoms with van der Waals surface area (Å²) in [6.45, 7) is 7.28. The van der Waals surface area contributed by atoms with E-state index in [9.17, 15) is 22.4 Å². The van der Waals surface area contributed by atoms with Crippen molar-refractivity contribution >= 4 is 27.5 Å². The number of hydrogen-bond donors (Lipinski definition) is 1. The first kappa shape index (κ1) is 28.8. The van der Waals surface area contributed by atoms with Crippen LogP contribution in [0.1, 0.15) is 31.9 Å². The van der Waals surface area contributed by atoms with E-state index in [1.165, 1.54) is 41.3 Å². The maximum absolute atomic E-state index is 13.8. The summed E-state index contributed by atoms with van der Waals surface area (Å²) in [6.07, 6.45) is 0. The van der Waals surface area contributed by atoms with Crippen molar-refractivity contribution in [1.29, 1.82) is 0 Å². The highest BCUT2D eigenvalue weighted by Crippen LogP contribution is 2.24. The Hall–Kier alpha value is -3.72. The molecule has 3 aromatic carbocycles. The van der Waals surface area contributed by atoms with Gasteiger partial charge in [0.1, 0.15) is 18.4 Å². The average molecular weight is 540 g/mol. The summed E-state index contributed by atoms with van der Waals surface area (Å²) in [5.74, 6) is -1.14. The normalized spacial score (nSPS) is 12.2. The number of anilines is 1. The Labute approximate surface area is 224 Å². The summed E-state index contributed by atoms with van der Waals surface area (Å²) < 4.78 is 42.0. The molecule has 7 nitrogen and oxygen atoms in total. The van der Waals surface area contributed by atoms with Crippen molar-refractivity contribution in [1.82, 2.24) is 10.2 Å². The first-order valence-electron chi connectivity index (χ1n) is 12.4. The SMILES string of the molecule is Cc1ccc(S(=O)(=O)N(CC(=O)N(Cc2ccc(F)cc2)[C@@H](C)C(=O)NCC(C)C)c2ccccc2)cc1. The van der Waals surface area contributed by atoms with Crippen LogP contribution < -0.4 is 9.62 Å². The lowest BCUT2D eigenvalue weighted by atomic mass is 10.1. The lowest BCUT2D eigenvalue weighted by Crippen LogP contribution is -2.51. The van der Waals surface area contributed by atoms with Crippen molar-refractivity contribution in [3.05, 3.63) is 95.8 Å². The molecule has 0 saturated carbocycles. The third-order valence-electron chi connectivity index (χ3n) is 6.05. The van der Waals surface area contributed by atoms with Crippen LogP contribution in [0.4, 0.5) is 10.1 Å². The van der Waals surface area contributed by atoms with Crippen LogP contribution in [0.5, 0.6) is 0 Å². The summed E-state index contributed by atoms with van der Waals surface area (Å²) >= 11 is 0. The summed E-state index contributed by atoms with van der Waals surface area (Å²) in [4.78, 5) is 28.1. The smallest absolute Gasteiger partial charge is 0.264 e. The van der Waals surface area contributed by atoms with Crippen molar-refractivity contribution in [2.45, 2.75) is 45.2 Å². The van der Waals surface area contributed by atoms with Crippen LogP contribution in [-0.4, -0.2) is 44.3 Å². The van der Waals surface area contributed by atoms with E-state index in [4.69, 9.17) is 0 Å². The number of sulfonamides is 1. The number of halogens is 1. The number of nitrogens with zero attached hydrogens (tertiary/aromatic N) is 2. The second-order valence-corrected chi connectivity index (χ2v) is 11.5. The van der Waals surface area contributed by atoms with E-state index in [-0.39, 0.29) is 23.3 Å². The highest BCUT2D eigenvalue weighted by Gasteiger charge is 2.32. The lowest BCUT2D eigenvalue weighted by Gasteiger charge is -2.32. The van der Waals surface area contributed by atoms with Crippen molar-refractivity contribution < 1.29 is 22.4 Å². The Balaban J connectivity index is 1.97. The third kappa shape index (κ3) is 7.41. The fourth-order valence-electron chi connectivity index (χ4n) is 3.78. The number of aryl methyl sites for hydroxylation is 1. The highest BCUT2D eigenvalue weighted by atomic mass is 32.2. The van der Waals surface area contributed by atoms with Gasteiger partial charge >= 0.3 is 0 Å². The lowest BCUT2D eigenvalue weighted by molar-refractivity contribution is -0.139. The van der Waals surface area contributed by atoms with Crippen molar-refractivity contribution in [2.24, 2.45) is 5.92 Å². The van der Waals surface area contributed by atoms with Gasteiger partial charge in [-0.2, -0.15) is 0 Å². The molecule has 0 aliphatic rings. The Bertz CT molecular complexity index is 1330.